The number of nitrogens with one attached hydrogen (secondary N) is 1. The molecule has 1 saturated heterocycles. The molecule has 1 rings (SSSR count). The van der Waals surface area contributed by atoms with Gasteiger partial charge in [-0.25, -0.2) is 0 Å². The van der Waals surface area contributed by atoms with Gasteiger partial charge in [-0.15, -0.1) is 0 Å². The molecule has 1 atom stereocenters. The van der Waals surface area contributed by atoms with Gasteiger partial charge in [0.05, 0.1) is 0 Å². The maximum atomic E-state index is 12.2. The van der Waals surface area contributed by atoms with Crippen LogP contribution < -0.4 is 4.72 Å². The van der Waals surface area contributed by atoms with E-state index in [0.717, 1.165) is 25.8 Å². The SMILES string of the molecule is CC(CCN(C)C)NS(=O)(=O)N1CCC(CO)CC1. The average molecular weight is 293 g/mol. The maximum Gasteiger partial charge on any atom is 0.279 e. The van der Waals surface area contributed by atoms with Gasteiger partial charge in [0, 0.05) is 25.7 Å². The molecule has 19 heavy (non-hydrogen) atoms. The van der Waals surface area contributed by atoms with E-state index < -0.39 is 10.2 Å². The second kappa shape index (κ2) is 7.54. The number of nitrogens with zero attached hydrogens (tertiary/aromatic N) is 2. The van der Waals surface area contributed by atoms with Gasteiger partial charge < -0.3 is 10.0 Å². The molecule has 2 N–H and O–H groups in total. The Morgan fingerprint density at radius 1 is 1.37 bits per heavy atom. The first kappa shape index (κ1) is 16.8. The Hall–Kier alpha value is -0.210. The minimum atomic E-state index is -3.38. The zero-order valence-corrected chi connectivity index (χ0v) is 13.0. The fourth-order valence-corrected chi connectivity index (χ4v) is 3.64. The van der Waals surface area contributed by atoms with Crippen LogP contribution in [0.4, 0.5) is 0 Å². The lowest BCUT2D eigenvalue weighted by Gasteiger charge is -2.31. The fraction of sp³-hybridized carbons (Fsp3) is 1.00. The molecule has 0 aromatic heterocycles. The zero-order chi connectivity index (χ0) is 14.5. The van der Waals surface area contributed by atoms with Crippen LogP contribution in [0.3, 0.4) is 0 Å². The monoisotopic (exact) mass is 293 g/mol. The van der Waals surface area contributed by atoms with Crippen molar-refractivity contribution in [2.45, 2.75) is 32.2 Å². The minimum absolute atomic E-state index is 0.0667. The number of hydrogen-bond acceptors (Lipinski definition) is 4. The molecule has 0 bridgehead atoms. The molecule has 0 amide bonds. The lowest BCUT2D eigenvalue weighted by molar-refractivity contribution is 0.169. The lowest BCUT2D eigenvalue weighted by Crippen LogP contribution is -2.48. The number of hydrogen-bond donors (Lipinski definition) is 2. The Morgan fingerprint density at radius 3 is 2.42 bits per heavy atom. The minimum Gasteiger partial charge on any atom is -0.396 e. The highest BCUT2D eigenvalue weighted by molar-refractivity contribution is 7.87. The number of aliphatic hydroxyl groups is 1. The number of aliphatic hydroxyl groups excluding tert-OH is 1. The van der Waals surface area contributed by atoms with Crippen molar-refractivity contribution in [3.8, 4) is 0 Å². The van der Waals surface area contributed by atoms with E-state index in [9.17, 15) is 8.42 Å². The Balaban J connectivity index is 2.43. The molecule has 0 aromatic rings. The summed E-state index contributed by atoms with van der Waals surface area (Å²) in [4.78, 5) is 2.04. The normalized spacial score (nSPS) is 20.9. The molecule has 1 unspecified atom stereocenters. The van der Waals surface area contributed by atoms with Crippen molar-refractivity contribution >= 4 is 10.2 Å². The van der Waals surface area contributed by atoms with E-state index >= 15 is 0 Å². The Morgan fingerprint density at radius 2 is 1.95 bits per heavy atom. The van der Waals surface area contributed by atoms with Crippen LogP contribution in [-0.2, 0) is 10.2 Å². The fourth-order valence-electron chi connectivity index (χ4n) is 2.17. The predicted molar refractivity (Wildman–Crippen MR) is 76.1 cm³/mol. The largest absolute Gasteiger partial charge is 0.396 e. The van der Waals surface area contributed by atoms with Crippen molar-refractivity contribution in [3.63, 3.8) is 0 Å². The summed E-state index contributed by atoms with van der Waals surface area (Å²) in [6.45, 7) is 3.90. The van der Waals surface area contributed by atoms with Crippen LogP contribution in [0, 0.1) is 5.92 Å². The molecule has 6 nitrogen and oxygen atoms in total. The summed E-state index contributed by atoms with van der Waals surface area (Å²) >= 11 is 0. The van der Waals surface area contributed by atoms with E-state index in [4.69, 9.17) is 5.11 Å². The molecule has 7 heteroatoms. The van der Waals surface area contributed by atoms with Crippen LogP contribution in [0.15, 0.2) is 0 Å². The average Bonchev–Trinajstić information content (AvgIpc) is 2.36. The van der Waals surface area contributed by atoms with Crippen molar-refractivity contribution in [2.75, 3.05) is 40.3 Å². The molecule has 0 aliphatic carbocycles. The van der Waals surface area contributed by atoms with E-state index in [1.165, 1.54) is 4.31 Å². The van der Waals surface area contributed by atoms with Crippen molar-refractivity contribution < 1.29 is 13.5 Å². The molecule has 114 valence electrons. The molecule has 0 aromatic carbocycles. The molecule has 1 aliphatic heterocycles. The molecule has 0 spiro atoms. The van der Waals surface area contributed by atoms with Crippen molar-refractivity contribution in [1.29, 1.82) is 0 Å². The second-order valence-electron chi connectivity index (χ2n) is 5.64. The molecule has 1 fully saturated rings. The second-order valence-corrected chi connectivity index (χ2v) is 7.34. The van der Waals surface area contributed by atoms with Gasteiger partial charge in [-0.2, -0.15) is 17.4 Å². The van der Waals surface area contributed by atoms with E-state index in [1.807, 2.05) is 25.9 Å². The van der Waals surface area contributed by atoms with Crippen LogP contribution in [0.1, 0.15) is 26.2 Å². The zero-order valence-electron chi connectivity index (χ0n) is 12.2. The van der Waals surface area contributed by atoms with Gasteiger partial charge in [-0.1, -0.05) is 0 Å². The highest BCUT2D eigenvalue weighted by Gasteiger charge is 2.28. The number of piperidine rings is 1. The summed E-state index contributed by atoms with van der Waals surface area (Å²) in [6.07, 6.45) is 2.27. The van der Waals surface area contributed by atoms with Gasteiger partial charge >= 0.3 is 0 Å². The Bertz CT molecular complexity index is 351. The molecular weight excluding hydrogens is 266 g/mol. The molecule has 0 saturated carbocycles. The van der Waals surface area contributed by atoms with Gasteiger partial charge in [0.1, 0.15) is 0 Å². The van der Waals surface area contributed by atoms with E-state index in [1.54, 1.807) is 0 Å². The summed E-state index contributed by atoms with van der Waals surface area (Å²) in [6, 6.07) is -0.0667. The molecule has 1 aliphatic rings. The quantitative estimate of drug-likeness (QED) is 0.685. The van der Waals surface area contributed by atoms with E-state index in [-0.39, 0.29) is 18.6 Å². The molecule has 1 heterocycles. The van der Waals surface area contributed by atoms with E-state index in [2.05, 4.69) is 4.72 Å². The van der Waals surface area contributed by atoms with Gasteiger partial charge in [0.25, 0.3) is 10.2 Å². The van der Waals surface area contributed by atoms with Gasteiger partial charge in [0.2, 0.25) is 0 Å². The summed E-state index contributed by atoms with van der Waals surface area (Å²) in [5.74, 6) is 0.248. The highest BCUT2D eigenvalue weighted by atomic mass is 32.2. The van der Waals surface area contributed by atoms with Crippen molar-refractivity contribution in [3.05, 3.63) is 0 Å². The van der Waals surface area contributed by atoms with Gasteiger partial charge in [0.15, 0.2) is 0 Å². The van der Waals surface area contributed by atoms with E-state index in [0.29, 0.717) is 13.1 Å². The predicted octanol–water partition coefficient (Wildman–Crippen LogP) is -0.135. The van der Waals surface area contributed by atoms with Crippen molar-refractivity contribution in [2.24, 2.45) is 5.92 Å². The third-order valence-corrected chi connectivity index (χ3v) is 5.28. The summed E-state index contributed by atoms with van der Waals surface area (Å²) < 4.78 is 28.6. The summed E-state index contributed by atoms with van der Waals surface area (Å²) in [5, 5.41) is 9.06. The third kappa shape index (κ3) is 5.74. The third-order valence-electron chi connectivity index (χ3n) is 3.53. The first-order chi connectivity index (χ1) is 8.85. The van der Waals surface area contributed by atoms with Gasteiger partial charge in [-0.3, -0.25) is 0 Å². The molecule has 0 radical (unpaired) electrons. The first-order valence-electron chi connectivity index (χ1n) is 6.88. The van der Waals surface area contributed by atoms with Crippen molar-refractivity contribution in [1.82, 2.24) is 13.9 Å². The number of rotatable bonds is 7. The molecular formula is C12H27N3O3S. The maximum absolute atomic E-state index is 12.2. The summed E-state index contributed by atoms with van der Waals surface area (Å²) in [7, 11) is 0.567. The highest BCUT2D eigenvalue weighted by Crippen LogP contribution is 2.18. The van der Waals surface area contributed by atoms with Crippen LogP contribution in [-0.4, -0.2) is 69.1 Å². The topological polar surface area (TPSA) is 72.9 Å². The smallest absolute Gasteiger partial charge is 0.279 e. The first-order valence-corrected chi connectivity index (χ1v) is 8.32. The van der Waals surface area contributed by atoms with Crippen LogP contribution in [0.2, 0.25) is 0 Å². The lowest BCUT2D eigenvalue weighted by atomic mass is 10.00. The van der Waals surface area contributed by atoms with Crippen LogP contribution in [0.5, 0.6) is 0 Å². The summed E-state index contributed by atoms with van der Waals surface area (Å²) in [5.41, 5.74) is 0. The van der Waals surface area contributed by atoms with Crippen LogP contribution in [0.25, 0.3) is 0 Å². The Kier molecular flexibility index (Phi) is 6.68. The van der Waals surface area contributed by atoms with Crippen LogP contribution >= 0.6 is 0 Å². The Labute approximate surface area is 117 Å². The standard InChI is InChI=1S/C12H27N3O3S/c1-11(4-7-14(2)3)13-19(17,18)15-8-5-12(10-16)6-9-15/h11-13,16H,4-10H2,1-3H3. The van der Waals surface area contributed by atoms with Gasteiger partial charge in [-0.05, 0) is 52.7 Å².